The van der Waals surface area contributed by atoms with Crippen LogP contribution in [0.3, 0.4) is 0 Å². The first-order valence-electron chi connectivity index (χ1n) is 5.54. The zero-order valence-electron chi connectivity index (χ0n) is 9.98. The highest BCUT2D eigenvalue weighted by atomic mass is 14.5. The Bertz CT molecular complexity index is 394. The molecule has 0 amide bonds. The summed E-state index contributed by atoms with van der Waals surface area (Å²) in [6.45, 7) is 4.14. The van der Waals surface area contributed by atoms with Gasteiger partial charge in [-0.1, -0.05) is 48.1 Å². The molecule has 0 aromatic heterocycles. The summed E-state index contributed by atoms with van der Waals surface area (Å²) < 4.78 is 0. The molecule has 0 saturated carbocycles. The highest BCUT2D eigenvalue weighted by molar-refractivity contribution is 5.53. The SMILES string of the molecule is C/C=C(C)\C=C/C/C=C/c1ccc(N)cc1. The molecule has 0 radical (unpaired) electrons. The molecule has 84 valence electrons. The van der Waals surface area contributed by atoms with Gasteiger partial charge in [0.05, 0.1) is 0 Å². The molecule has 1 aromatic carbocycles. The second-order valence-electron chi connectivity index (χ2n) is 3.74. The molecule has 0 fully saturated rings. The minimum absolute atomic E-state index is 0.806. The number of anilines is 1. The zero-order chi connectivity index (χ0) is 11.8. The fraction of sp³-hybridized carbons (Fsp3) is 0.200. The van der Waals surface area contributed by atoms with Crippen molar-refractivity contribution in [3.05, 3.63) is 59.7 Å². The van der Waals surface area contributed by atoms with E-state index in [2.05, 4.69) is 37.3 Å². The standard InChI is InChI=1S/C15H19N/c1-3-13(2)7-5-4-6-8-14-9-11-15(16)12-10-14/h3,5-12H,4,16H2,1-2H3/b7-5-,8-6+,13-3-. The lowest BCUT2D eigenvalue weighted by Crippen LogP contribution is -1.82. The van der Waals surface area contributed by atoms with Gasteiger partial charge < -0.3 is 5.73 Å². The Labute approximate surface area is 98.0 Å². The number of nitrogen functional groups attached to an aromatic ring is 1. The molecule has 0 spiro atoms. The molecule has 0 aliphatic carbocycles. The van der Waals surface area contributed by atoms with E-state index in [1.54, 1.807) is 0 Å². The first kappa shape index (κ1) is 12.3. The third kappa shape index (κ3) is 4.65. The second-order valence-corrected chi connectivity index (χ2v) is 3.74. The molecule has 0 atom stereocenters. The van der Waals surface area contributed by atoms with Crippen LogP contribution in [0.4, 0.5) is 5.69 Å². The van der Waals surface area contributed by atoms with Gasteiger partial charge in [-0.15, -0.1) is 0 Å². The lowest BCUT2D eigenvalue weighted by atomic mass is 10.2. The van der Waals surface area contributed by atoms with Crippen LogP contribution < -0.4 is 5.73 Å². The van der Waals surface area contributed by atoms with Gasteiger partial charge >= 0.3 is 0 Å². The van der Waals surface area contributed by atoms with Gasteiger partial charge in [0, 0.05) is 5.69 Å². The summed E-state index contributed by atoms with van der Waals surface area (Å²) >= 11 is 0. The zero-order valence-corrected chi connectivity index (χ0v) is 9.98. The van der Waals surface area contributed by atoms with Gasteiger partial charge in [-0.2, -0.15) is 0 Å². The molecular weight excluding hydrogens is 194 g/mol. The second kappa shape index (κ2) is 6.67. The Morgan fingerprint density at radius 2 is 1.88 bits per heavy atom. The third-order valence-corrected chi connectivity index (χ3v) is 2.36. The van der Waals surface area contributed by atoms with Gasteiger partial charge in [0.25, 0.3) is 0 Å². The van der Waals surface area contributed by atoms with Gasteiger partial charge in [-0.3, -0.25) is 0 Å². The maximum atomic E-state index is 5.61. The van der Waals surface area contributed by atoms with Gasteiger partial charge in [-0.25, -0.2) is 0 Å². The average Bonchev–Trinajstić information content (AvgIpc) is 2.31. The summed E-state index contributed by atoms with van der Waals surface area (Å²) in [4.78, 5) is 0. The van der Waals surface area contributed by atoms with Crippen molar-refractivity contribution in [3.63, 3.8) is 0 Å². The molecule has 1 heteroatoms. The lowest BCUT2D eigenvalue weighted by Gasteiger charge is -1.94. The first-order valence-corrected chi connectivity index (χ1v) is 5.54. The summed E-state index contributed by atoms with van der Waals surface area (Å²) in [5, 5.41) is 0. The highest BCUT2D eigenvalue weighted by Crippen LogP contribution is 2.07. The van der Waals surface area contributed by atoms with Crippen molar-refractivity contribution in [3.8, 4) is 0 Å². The Morgan fingerprint density at radius 1 is 1.19 bits per heavy atom. The van der Waals surface area contributed by atoms with E-state index < -0.39 is 0 Å². The molecule has 0 saturated heterocycles. The minimum atomic E-state index is 0.806. The van der Waals surface area contributed by atoms with Crippen LogP contribution in [0.25, 0.3) is 6.08 Å². The van der Waals surface area contributed by atoms with Gasteiger partial charge in [0.1, 0.15) is 0 Å². The van der Waals surface area contributed by atoms with Crippen LogP contribution >= 0.6 is 0 Å². The smallest absolute Gasteiger partial charge is 0.0314 e. The van der Waals surface area contributed by atoms with Crippen molar-refractivity contribution in [2.75, 3.05) is 5.73 Å². The number of benzene rings is 1. The number of nitrogens with two attached hydrogens (primary N) is 1. The monoisotopic (exact) mass is 213 g/mol. The largest absolute Gasteiger partial charge is 0.399 e. The van der Waals surface area contributed by atoms with Crippen molar-refractivity contribution in [2.45, 2.75) is 20.3 Å². The van der Waals surface area contributed by atoms with Crippen molar-refractivity contribution >= 4 is 11.8 Å². The normalized spacial score (nSPS) is 12.8. The van der Waals surface area contributed by atoms with Crippen LogP contribution in [-0.2, 0) is 0 Å². The number of hydrogen-bond donors (Lipinski definition) is 1. The first-order chi connectivity index (χ1) is 7.72. The lowest BCUT2D eigenvalue weighted by molar-refractivity contribution is 1.37. The number of allylic oxidation sites excluding steroid dienone is 5. The summed E-state index contributed by atoms with van der Waals surface area (Å²) in [7, 11) is 0. The van der Waals surface area contributed by atoms with Crippen LogP contribution in [0.1, 0.15) is 25.8 Å². The quantitative estimate of drug-likeness (QED) is 0.589. The van der Waals surface area contributed by atoms with E-state index >= 15 is 0 Å². The van der Waals surface area contributed by atoms with E-state index in [0.717, 1.165) is 12.1 Å². The Hall–Kier alpha value is -1.76. The molecule has 1 rings (SSSR count). The molecule has 2 N–H and O–H groups in total. The molecule has 1 nitrogen and oxygen atoms in total. The predicted molar refractivity (Wildman–Crippen MR) is 73.1 cm³/mol. The van der Waals surface area contributed by atoms with E-state index in [0.29, 0.717) is 0 Å². The van der Waals surface area contributed by atoms with Gasteiger partial charge in [0.2, 0.25) is 0 Å². The maximum absolute atomic E-state index is 5.61. The minimum Gasteiger partial charge on any atom is -0.399 e. The van der Waals surface area contributed by atoms with Crippen molar-refractivity contribution in [2.24, 2.45) is 0 Å². The van der Waals surface area contributed by atoms with Crippen molar-refractivity contribution < 1.29 is 0 Å². The number of rotatable bonds is 4. The van der Waals surface area contributed by atoms with Crippen LogP contribution in [-0.4, -0.2) is 0 Å². The van der Waals surface area contributed by atoms with E-state index in [9.17, 15) is 0 Å². The molecule has 0 aliphatic heterocycles. The molecule has 0 bridgehead atoms. The Morgan fingerprint density at radius 3 is 2.50 bits per heavy atom. The van der Waals surface area contributed by atoms with Gasteiger partial charge in [-0.05, 0) is 38.0 Å². The molecule has 0 heterocycles. The third-order valence-electron chi connectivity index (χ3n) is 2.36. The van der Waals surface area contributed by atoms with E-state index in [1.807, 2.05) is 31.2 Å². The predicted octanol–water partition coefficient (Wildman–Crippen LogP) is 4.19. The summed E-state index contributed by atoms with van der Waals surface area (Å²) in [5.41, 5.74) is 8.89. The molecule has 0 aliphatic rings. The number of hydrogen-bond acceptors (Lipinski definition) is 1. The summed E-state index contributed by atoms with van der Waals surface area (Å²) in [6.07, 6.45) is 11.6. The topological polar surface area (TPSA) is 26.0 Å². The Kier molecular flexibility index (Phi) is 5.13. The van der Waals surface area contributed by atoms with E-state index in [4.69, 9.17) is 5.73 Å². The molecule has 16 heavy (non-hydrogen) atoms. The molecular formula is C15H19N. The van der Waals surface area contributed by atoms with Crippen LogP contribution in [0.15, 0.2) is 54.1 Å². The van der Waals surface area contributed by atoms with E-state index in [-0.39, 0.29) is 0 Å². The van der Waals surface area contributed by atoms with Gasteiger partial charge in [0.15, 0.2) is 0 Å². The fourth-order valence-electron chi connectivity index (χ4n) is 1.24. The molecule has 0 unspecified atom stereocenters. The summed E-state index contributed by atoms with van der Waals surface area (Å²) in [6, 6.07) is 7.87. The average molecular weight is 213 g/mol. The van der Waals surface area contributed by atoms with E-state index in [1.165, 1.54) is 11.1 Å². The molecule has 1 aromatic rings. The Balaban J connectivity index is 2.43. The summed E-state index contributed by atoms with van der Waals surface area (Å²) in [5.74, 6) is 0. The fourth-order valence-corrected chi connectivity index (χ4v) is 1.24. The maximum Gasteiger partial charge on any atom is 0.0314 e. The highest BCUT2D eigenvalue weighted by Gasteiger charge is 1.85. The van der Waals surface area contributed by atoms with Crippen molar-refractivity contribution in [1.29, 1.82) is 0 Å². The van der Waals surface area contributed by atoms with Crippen molar-refractivity contribution in [1.82, 2.24) is 0 Å². The van der Waals surface area contributed by atoms with Crippen LogP contribution in [0.5, 0.6) is 0 Å². The van der Waals surface area contributed by atoms with Crippen LogP contribution in [0, 0.1) is 0 Å². The van der Waals surface area contributed by atoms with Crippen LogP contribution in [0.2, 0.25) is 0 Å².